The fourth-order valence-corrected chi connectivity index (χ4v) is 0. The van der Waals surface area contributed by atoms with E-state index in [0.29, 0.717) is 0 Å². The molecule has 0 aliphatic rings. The van der Waals surface area contributed by atoms with Crippen molar-refractivity contribution in [3.63, 3.8) is 0 Å². The van der Waals surface area contributed by atoms with E-state index < -0.39 is 9.11 Å². The second-order valence-electron chi connectivity index (χ2n) is 1.23. The lowest BCUT2D eigenvalue weighted by Crippen LogP contribution is -1.79. The van der Waals surface area contributed by atoms with E-state index in [-0.39, 0.29) is 0 Å². The highest BCUT2D eigenvalue weighted by Gasteiger charge is 1.70. The van der Waals surface area contributed by atoms with Gasteiger partial charge in [-0.15, -0.1) is 0 Å². The van der Waals surface area contributed by atoms with Gasteiger partial charge in [-0.25, -0.2) is 0 Å². The summed E-state index contributed by atoms with van der Waals surface area (Å²) in [6.07, 6.45) is 3.26. The molecule has 0 aromatic rings. The standard InChI is InChI=1S/C2H7OPS/c1-5(2,3)4/h4H,1-2H3. The summed E-state index contributed by atoms with van der Waals surface area (Å²) < 4.78 is 10.1. The van der Waals surface area contributed by atoms with Gasteiger partial charge in [-0.3, -0.25) is 4.21 Å². The molecule has 32 valence electrons. The van der Waals surface area contributed by atoms with Gasteiger partial charge in [0, 0.05) is 12.5 Å². The van der Waals surface area contributed by atoms with Gasteiger partial charge < -0.3 is 0 Å². The molecule has 0 aromatic carbocycles. The maximum atomic E-state index is 10.1. The minimum Gasteiger partial charge on any atom is -0.264 e. The van der Waals surface area contributed by atoms with Crippen LogP contribution in [0.2, 0.25) is 0 Å². The van der Waals surface area contributed by atoms with Crippen molar-refractivity contribution < 1.29 is 4.21 Å². The zero-order chi connectivity index (χ0) is 4.50. The van der Waals surface area contributed by atoms with Crippen molar-refractivity contribution in [2.45, 2.75) is 0 Å². The van der Waals surface area contributed by atoms with Gasteiger partial charge in [0.2, 0.25) is 0 Å². The summed E-state index contributed by atoms with van der Waals surface area (Å²) >= 11 is 0. The first kappa shape index (κ1) is 5.45. The fourth-order valence-electron chi connectivity index (χ4n) is 0. The molecule has 3 heteroatoms. The third kappa shape index (κ3) is 132. The molecule has 0 aliphatic carbocycles. The van der Waals surface area contributed by atoms with Crippen LogP contribution in [0.3, 0.4) is 0 Å². The minimum absolute atomic E-state index is 1.61. The average molecular weight is 110 g/mol. The first-order valence-corrected chi connectivity index (χ1v) is 4.79. The second kappa shape index (κ2) is 1.27. The summed E-state index contributed by atoms with van der Waals surface area (Å²) in [5.74, 6) is 0. The van der Waals surface area contributed by atoms with E-state index in [1.54, 1.807) is 12.5 Å². The smallest absolute Gasteiger partial charge is 0.00796 e. The van der Waals surface area contributed by atoms with Crippen molar-refractivity contribution in [3.8, 4) is 0 Å². The molecule has 0 aliphatic heterocycles. The lowest BCUT2D eigenvalue weighted by atomic mass is 11.9. The first-order valence-electron chi connectivity index (χ1n) is 1.19. The van der Waals surface area contributed by atoms with E-state index >= 15 is 0 Å². The summed E-state index contributed by atoms with van der Waals surface area (Å²) in [6, 6.07) is 0. The van der Waals surface area contributed by atoms with Gasteiger partial charge in [-0.1, -0.05) is 8.02 Å². The Kier molecular flexibility index (Phi) is 1.39. The zero-order valence-electron chi connectivity index (χ0n) is 3.32. The Balaban J connectivity index is 4.06. The predicted octanol–water partition coefficient (Wildman–Crippen LogP) is 0.588. The summed E-state index contributed by atoms with van der Waals surface area (Å²) in [6.45, 7) is 0. The van der Waals surface area contributed by atoms with Crippen LogP contribution in [0.4, 0.5) is 0 Å². The van der Waals surface area contributed by atoms with E-state index in [2.05, 4.69) is 8.02 Å². The Morgan fingerprint density at radius 2 is 1.60 bits per heavy atom. The van der Waals surface area contributed by atoms with Gasteiger partial charge in [0.1, 0.15) is 0 Å². The van der Waals surface area contributed by atoms with E-state index in [4.69, 9.17) is 0 Å². The molecule has 0 saturated heterocycles. The third-order valence-corrected chi connectivity index (χ3v) is 0. The van der Waals surface area contributed by atoms with Gasteiger partial charge >= 0.3 is 0 Å². The topological polar surface area (TPSA) is 17.1 Å². The van der Waals surface area contributed by atoms with Gasteiger partial charge in [0.25, 0.3) is 0 Å². The van der Waals surface area contributed by atoms with E-state index in [1.807, 2.05) is 0 Å². The fraction of sp³-hybridized carbons (Fsp3) is 1.00. The van der Waals surface area contributed by atoms with Crippen LogP contribution in [0.5, 0.6) is 0 Å². The second-order valence-corrected chi connectivity index (χ2v) is 6.65. The molecule has 0 heterocycles. The number of hydrogen-bond donors (Lipinski definition) is 0. The van der Waals surface area contributed by atoms with Gasteiger partial charge in [-0.05, 0) is 9.11 Å². The van der Waals surface area contributed by atoms with Crippen molar-refractivity contribution in [1.82, 2.24) is 0 Å². The summed E-state index contributed by atoms with van der Waals surface area (Å²) in [7, 11) is 1.34. The number of hydrogen-bond acceptors (Lipinski definition) is 1. The Morgan fingerprint density at radius 1 is 1.60 bits per heavy atom. The van der Waals surface area contributed by atoms with Crippen molar-refractivity contribution >= 4 is 17.1 Å². The van der Waals surface area contributed by atoms with Crippen molar-refractivity contribution in [2.24, 2.45) is 0 Å². The van der Waals surface area contributed by atoms with Crippen LogP contribution in [-0.2, 0) is 9.11 Å². The van der Waals surface area contributed by atoms with Crippen molar-refractivity contribution in [3.05, 3.63) is 0 Å². The van der Waals surface area contributed by atoms with E-state index in [1.165, 1.54) is 0 Å². The molecule has 0 fully saturated rings. The highest BCUT2D eigenvalue weighted by molar-refractivity contribution is 8.19. The normalized spacial score (nSPS) is 11.6. The summed E-state index contributed by atoms with van der Waals surface area (Å²) in [5, 5.41) is 0. The monoisotopic (exact) mass is 110 g/mol. The molecule has 0 radical (unpaired) electrons. The Labute approximate surface area is 34.7 Å². The van der Waals surface area contributed by atoms with E-state index in [9.17, 15) is 4.21 Å². The predicted molar refractivity (Wildman–Crippen MR) is 28.3 cm³/mol. The molecule has 0 bridgehead atoms. The molecule has 5 heavy (non-hydrogen) atoms. The quantitative estimate of drug-likeness (QED) is 0.417. The highest BCUT2D eigenvalue weighted by atomic mass is 32.5. The SMILES string of the molecule is CS(C)(=O)=P. The Morgan fingerprint density at radius 3 is 1.60 bits per heavy atom. The average Bonchev–Trinajstić information content (AvgIpc) is 0.722. The highest BCUT2D eigenvalue weighted by Crippen LogP contribution is 1.78. The van der Waals surface area contributed by atoms with Crippen LogP contribution >= 0.6 is 8.02 Å². The van der Waals surface area contributed by atoms with Crippen LogP contribution in [-0.4, -0.2) is 16.7 Å². The largest absolute Gasteiger partial charge is 0.264 e. The molecular formula is C2H7OPS. The lowest BCUT2D eigenvalue weighted by molar-refractivity contribution is 0.689. The molecule has 0 aromatic heterocycles. The molecule has 1 nitrogen and oxygen atoms in total. The molecule has 0 saturated carbocycles. The van der Waals surface area contributed by atoms with Gasteiger partial charge in [0.05, 0.1) is 0 Å². The molecule has 0 rings (SSSR count). The van der Waals surface area contributed by atoms with Crippen LogP contribution < -0.4 is 0 Å². The van der Waals surface area contributed by atoms with Gasteiger partial charge in [0.15, 0.2) is 0 Å². The maximum Gasteiger partial charge on any atom is 0.00796 e. The summed E-state index contributed by atoms with van der Waals surface area (Å²) in [4.78, 5) is 0. The number of rotatable bonds is 0. The van der Waals surface area contributed by atoms with E-state index in [0.717, 1.165) is 0 Å². The Hall–Kier alpha value is 0.450. The lowest BCUT2D eigenvalue weighted by Gasteiger charge is -1.77. The van der Waals surface area contributed by atoms with Crippen LogP contribution in [0.1, 0.15) is 0 Å². The van der Waals surface area contributed by atoms with Crippen molar-refractivity contribution in [1.29, 1.82) is 0 Å². The molecular weight excluding hydrogens is 103 g/mol. The Bertz CT molecular complexity index is 92.8. The van der Waals surface area contributed by atoms with Crippen molar-refractivity contribution in [2.75, 3.05) is 12.5 Å². The third-order valence-electron chi connectivity index (χ3n) is 0. The van der Waals surface area contributed by atoms with Crippen LogP contribution in [0.15, 0.2) is 0 Å². The van der Waals surface area contributed by atoms with Crippen LogP contribution in [0.25, 0.3) is 0 Å². The molecule has 0 atom stereocenters. The van der Waals surface area contributed by atoms with Gasteiger partial charge in [-0.2, -0.15) is 0 Å². The minimum atomic E-state index is -1.61. The van der Waals surface area contributed by atoms with Crippen LogP contribution in [0, 0.1) is 0 Å². The first-order chi connectivity index (χ1) is 2.00. The molecule has 0 amide bonds. The molecule has 0 N–H and O–H groups in total. The summed E-state index contributed by atoms with van der Waals surface area (Å²) in [5.41, 5.74) is 0. The maximum absolute atomic E-state index is 10.1. The molecule has 0 unspecified atom stereocenters. The molecule has 0 spiro atoms. The zero-order valence-corrected chi connectivity index (χ0v) is 5.13.